The van der Waals surface area contributed by atoms with Crippen LogP contribution in [0.5, 0.6) is 0 Å². The summed E-state index contributed by atoms with van der Waals surface area (Å²) in [7, 11) is 0. The fourth-order valence-corrected chi connectivity index (χ4v) is 0.831. The van der Waals surface area contributed by atoms with Crippen molar-refractivity contribution in [3.63, 3.8) is 0 Å². The van der Waals surface area contributed by atoms with Gasteiger partial charge in [0.15, 0.2) is 0 Å². The molecule has 0 amide bonds. The van der Waals surface area contributed by atoms with E-state index in [1.807, 2.05) is 0 Å². The van der Waals surface area contributed by atoms with Gasteiger partial charge in [-0.25, -0.2) is 0 Å². The number of hydrogen-bond acceptors (Lipinski definition) is 2. The van der Waals surface area contributed by atoms with Crippen LogP contribution in [0.2, 0.25) is 0 Å². The molecule has 1 aromatic rings. The Morgan fingerprint density at radius 2 is 2.17 bits per heavy atom. The van der Waals surface area contributed by atoms with E-state index < -0.39 is 0 Å². The molecule has 0 aliphatic rings. The summed E-state index contributed by atoms with van der Waals surface area (Å²) < 4.78 is 1.38. The van der Waals surface area contributed by atoms with Gasteiger partial charge in [0.25, 0.3) is 5.56 Å². The summed E-state index contributed by atoms with van der Waals surface area (Å²) >= 11 is 0. The Bertz CT molecular complexity index is 319. The van der Waals surface area contributed by atoms with E-state index in [4.69, 9.17) is 0 Å². The van der Waals surface area contributed by atoms with Crippen LogP contribution in [0.25, 0.3) is 0 Å². The molecule has 0 atom stereocenters. The van der Waals surface area contributed by atoms with Crippen LogP contribution in [0.15, 0.2) is 29.2 Å². The molecule has 0 N–H and O–H groups in total. The summed E-state index contributed by atoms with van der Waals surface area (Å²) in [5.41, 5.74) is -0.136. The van der Waals surface area contributed by atoms with E-state index >= 15 is 0 Å². The lowest BCUT2D eigenvalue weighted by molar-refractivity contribution is -0.117. The molecule has 1 heterocycles. The highest BCUT2D eigenvalue weighted by molar-refractivity contribution is 5.85. The molecule has 0 saturated heterocycles. The maximum absolute atomic E-state index is 11.0. The van der Waals surface area contributed by atoms with E-state index in [9.17, 15) is 9.59 Å². The molecule has 0 spiro atoms. The van der Waals surface area contributed by atoms with Crippen LogP contribution in [0, 0.1) is 0 Å². The summed E-state index contributed by atoms with van der Waals surface area (Å²) in [5, 5.41) is 0. The van der Waals surface area contributed by atoms with Crippen LogP contribution in [0.4, 0.5) is 0 Å². The highest BCUT2D eigenvalue weighted by Gasteiger charge is 1.95. The predicted octanol–water partition coefficient (Wildman–Crippen LogP) is 0.859. The Balaban J connectivity index is 0.00000121. The van der Waals surface area contributed by atoms with Crippen molar-refractivity contribution in [2.75, 3.05) is 0 Å². The highest BCUT2D eigenvalue weighted by atomic mass is 35.5. The number of carbonyl (C=O) groups is 1. The van der Waals surface area contributed by atoms with Crippen molar-refractivity contribution in [1.29, 1.82) is 0 Å². The number of rotatable bonds is 2. The third-order valence-electron chi connectivity index (χ3n) is 1.29. The molecule has 0 aliphatic heterocycles. The van der Waals surface area contributed by atoms with E-state index in [1.54, 1.807) is 18.3 Å². The maximum atomic E-state index is 11.0. The highest BCUT2D eigenvalue weighted by Crippen LogP contribution is 1.82. The zero-order chi connectivity index (χ0) is 8.27. The minimum Gasteiger partial charge on any atom is -0.308 e. The zero-order valence-electron chi connectivity index (χ0n) is 6.69. The van der Waals surface area contributed by atoms with E-state index in [0.29, 0.717) is 0 Å². The van der Waals surface area contributed by atoms with Crippen LogP contribution >= 0.6 is 12.4 Å². The third-order valence-corrected chi connectivity index (χ3v) is 1.29. The number of halogens is 1. The second-order valence-electron chi connectivity index (χ2n) is 2.37. The predicted molar refractivity (Wildman–Crippen MR) is 48.6 cm³/mol. The lowest BCUT2D eigenvalue weighted by Crippen LogP contribution is -2.20. The van der Waals surface area contributed by atoms with Gasteiger partial charge < -0.3 is 4.57 Å². The first-order chi connectivity index (χ1) is 5.20. The number of nitrogens with zero attached hydrogens (tertiary/aromatic N) is 1. The molecule has 3 nitrogen and oxygen atoms in total. The van der Waals surface area contributed by atoms with Gasteiger partial charge in [0.05, 0.1) is 6.54 Å². The molecule has 0 bridgehead atoms. The van der Waals surface area contributed by atoms with E-state index in [2.05, 4.69) is 0 Å². The van der Waals surface area contributed by atoms with E-state index in [1.165, 1.54) is 17.6 Å². The summed E-state index contributed by atoms with van der Waals surface area (Å²) in [4.78, 5) is 21.6. The summed E-state index contributed by atoms with van der Waals surface area (Å²) in [5.74, 6) is -0.0155. The average molecular weight is 188 g/mol. The Morgan fingerprint density at radius 3 is 2.67 bits per heavy atom. The SMILES string of the molecule is CC(=O)Cn1ccccc1=O.Cl. The van der Waals surface area contributed by atoms with Gasteiger partial charge >= 0.3 is 0 Å². The molecule has 0 aliphatic carbocycles. The first-order valence-corrected chi connectivity index (χ1v) is 3.35. The van der Waals surface area contributed by atoms with Crippen LogP contribution in [-0.2, 0) is 11.3 Å². The Labute approximate surface area is 76.4 Å². The summed E-state index contributed by atoms with van der Waals surface area (Å²) in [6.45, 7) is 1.62. The van der Waals surface area contributed by atoms with Crippen LogP contribution in [0.3, 0.4) is 0 Å². The standard InChI is InChI=1S/C8H9NO2.ClH/c1-7(10)6-9-5-3-2-4-8(9)11;/h2-5H,6H2,1H3;1H. The van der Waals surface area contributed by atoms with Crippen LogP contribution in [-0.4, -0.2) is 10.4 Å². The fraction of sp³-hybridized carbons (Fsp3) is 0.250. The second-order valence-corrected chi connectivity index (χ2v) is 2.37. The molecule has 66 valence electrons. The molecular formula is C8H10ClNO2. The molecule has 12 heavy (non-hydrogen) atoms. The monoisotopic (exact) mass is 187 g/mol. The quantitative estimate of drug-likeness (QED) is 0.689. The molecule has 4 heteroatoms. The molecule has 0 fully saturated rings. The van der Waals surface area contributed by atoms with Gasteiger partial charge in [-0.15, -0.1) is 12.4 Å². The zero-order valence-corrected chi connectivity index (χ0v) is 7.50. The minimum atomic E-state index is -0.136. The lowest BCUT2D eigenvalue weighted by Gasteiger charge is -1.99. The second kappa shape index (κ2) is 4.72. The largest absolute Gasteiger partial charge is 0.308 e. The Kier molecular flexibility index (Phi) is 4.29. The topological polar surface area (TPSA) is 39.1 Å². The van der Waals surface area contributed by atoms with Crippen LogP contribution < -0.4 is 5.56 Å². The number of carbonyl (C=O) groups excluding carboxylic acids is 1. The summed E-state index contributed by atoms with van der Waals surface area (Å²) in [6.07, 6.45) is 1.60. The fourth-order valence-electron chi connectivity index (χ4n) is 0.831. The smallest absolute Gasteiger partial charge is 0.250 e. The first kappa shape index (κ1) is 10.9. The van der Waals surface area contributed by atoms with Crippen molar-refractivity contribution in [2.45, 2.75) is 13.5 Å². The third kappa shape index (κ3) is 2.88. The first-order valence-electron chi connectivity index (χ1n) is 3.35. The van der Waals surface area contributed by atoms with Gasteiger partial charge in [0, 0.05) is 12.3 Å². The minimum absolute atomic E-state index is 0. The Morgan fingerprint density at radius 1 is 1.50 bits per heavy atom. The van der Waals surface area contributed by atoms with Gasteiger partial charge in [-0.3, -0.25) is 9.59 Å². The van der Waals surface area contributed by atoms with Gasteiger partial charge in [0.2, 0.25) is 0 Å². The number of Topliss-reactive ketones (excluding diaryl/α,β-unsaturated/α-hetero) is 1. The van der Waals surface area contributed by atoms with Crippen molar-refractivity contribution in [2.24, 2.45) is 0 Å². The Hall–Kier alpha value is -1.09. The van der Waals surface area contributed by atoms with Crippen molar-refractivity contribution >= 4 is 18.2 Å². The van der Waals surface area contributed by atoms with Crippen LogP contribution in [0.1, 0.15) is 6.92 Å². The molecule has 0 aromatic carbocycles. The van der Waals surface area contributed by atoms with Gasteiger partial charge in [-0.05, 0) is 13.0 Å². The number of ketones is 1. The van der Waals surface area contributed by atoms with Gasteiger partial charge in [-0.2, -0.15) is 0 Å². The van der Waals surface area contributed by atoms with Gasteiger partial charge in [-0.1, -0.05) is 6.07 Å². The van der Waals surface area contributed by atoms with Gasteiger partial charge in [0.1, 0.15) is 5.78 Å². The number of hydrogen-bond donors (Lipinski definition) is 0. The molecule has 0 unspecified atom stereocenters. The lowest BCUT2D eigenvalue weighted by atomic mass is 10.4. The normalized spacial score (nSPS) is 8.75. The maximum Gasteiger partial charge on any atom is 0.250 e. The molecule has 0 saturated carbocycles. The summed E-state index contributed by atoms with van der Waals surface area (Å²) in [6, 6.07) is 4.81. The molecular weight excluding hydrogens is 178 g/mol. The number of aromatic nitrogens is 1. The van der Waals surface area contributed by atoms with E-state index in [-0.39, 0.29) is 30.3 Å². The van der Waals surface area contributed by atoms with Crippen molar-refractivity contribution < 1.29 is 4.79 Å². The van der Waals surface area contributed by atoms with Crippen molar-refractivity contribution in [3.05, 3.63) is 34.7 Å². The average Bonchev–Trinajstić information content (AvgIpc) is 1.93. The number of pyridine rings is 1. The van der Waals surface area contributed by atoms with E-state index in [0.717, 1.165) is 0 Å². The molecule has 0 radical (unpaired) electrons. The molecule has 1 aromatic heterocycles. The van der Waals surface area contributed by atoms with Crippen molar-refractivity contribution in [3.8, 4) is 0 Å². The molecule has 1 rings (SSSR count). The van der Waals surface area contributed by atoms with Crippen molar-refractivity contribution in [1.82, 2.24) is 4.57 Å².